The Bertz CT molecular complexity index is 216. The molecule has 0 aromatic heterocycles. The SMILES string of the molecule is CCSCCC(CO)CNC(=O)OC(C)(C)C. The Kier molecular flexibility index (Phi) is 8.43. The van der Waals surface area contributed by atoms with E-state index in [0.717, 1.165) is 17.9 Å². The van der Waals surface area contributed by atoms with Crippen LogP contribution >= 0.6 is 11.8 Å². The zero-order valence-corrected chi connectivity index (χ0v) is 12.1. The summed E-state index contributed by atoms with van der Waals surface area (Å²) >= 11 is 1.84. The van der Waals surface area contributed by atoms with Crippen molar-refractivity contribution in [2.75, 3.05) is 24.7 Å². The van der Waals surface area contributed by atoms with Crippen LogP contribution in [0.25, 0.3) is 0 Å². The Hall–Kier alpha value is -0.420. The van der Waals surface area contributed by atoms with Crippen LogP contribution in [-0.2, 0) is 4.74 Å². The molecule has 1 unspecified atom stereocenters. The van der Waals surface area contributed by atoms with Gasteiger partial charge in [0.2, 0.25) is 0 Å². The molecule has 1 amide bonds. The molecule has 0 aromatic carbocycles. The highest BCUT2D eigenvalue weighted by molar-refractivity contribution is 7.99. The molecular formula is C12H25NO3S. The lowest BCUT2D eigenvalue weighted by atomic mass is 10.1. The van der Waals surface area contributed by atoms with Gasteiger partial charge in [0.25, 0.3) is 0 Å². The predicted octanol–water partition coefficient (Wildman–Crippen LogP) is 2.26. The third kappa shape index (κ3) is 10.5. The molecule has 0 aliphatic rings. The summed E-state index contributed by atoms with van der Waals surface area (Å²) in [4.78, 5) is 11.4. The van der Waals surface area contributed by atoms with Crippen molar-refractivity contribution in [1.29, 1.82) is 0 Å². The number of thioether (sulfide) groups is 1. The number of nitrogens with one attached hydrogen (secondary N) is 1. The molecule has 0 saturated heterocycles. The molecule has 0 rings (SSSR count). The summed E-state index contributed by atoms with van der Waals surface area (Å²) in [7, 11) is 0. The van der Waals surface area contributed by atoms with Crippen LogP contribution in [0.1, 0.15) is 34.1 Å². The van der Waals surface area contributed by atoms with Crippen molar-refractivity contribution in [1.82, 2.24) is 5.32 Å². The number of rotatable bonds is 7. The first-order valence-corrected chi connectivity index (χ1v) is 7.20. The molecule has 0 aliphatic heterocycles. The van der Waals surface area contributed by atoms with E-state index in [1.165, 1.54) is 0 Å². The van der Waals surface area contributed by atoms with Crippen LogP contribution in [0, 0.1) is 5.92 Å². The Balaban J connectivity index is 3.78. The van der Waals surface area contributed by atoms with Gasteiger partial charge in [-0.15, -0.1) is 0 Å². The number of hydrogen-bond acceptors (Lipinski definition) is 4. The molecule has 5 heteroatoms. The number of aliphatic hydroxyl groups is 1. The quantitative estimate of drug-likeness (QED) is 0.692. The number of aliphatic hydroxyl groups excluding tert-OH is 1. The van der Waals surface area contributed by atoms with Crippen molar-refractivity contribution >= 4 is 17.9 Å². The molecule has 2 N–H and O–H groups in total. The van der Waals surface area contributed by atoms with E-state index in [-0.39, 0.29) is 12.5 Å². The third-order valence-electron chi connectivity index (χ3n) is 2.07. The van der Waals surface area contributed by atoms with Crippen LogP contribution < -0.4 is 5.32 Å². The van der Waals surface area contributed by atoms with Crippen LogP contribution in [0.15, 0.2) is 0 Å². The molecule has 0 aliphatic carbocycles. The number of carbonyl (C=O) groups excluding carboxylic acids is 1. The van der Waals surface area contributed by atoms with Crippen LogP contribution in [0.5, 0.6) is 0 Å². The number of hydrogen-bond donors (Lipinski definition) is 2. The number of amides is 1. The largest absolute Gasteiger partial charge is 0.444 e. The summed E-state index contributed by atoms with van der Waals surface area (Å²) in [6.45, 7) is 8.16. The van der Waals surface area contributed by atoms with Gasteiger partial charge in [-0.1, -0.05) is 6.92 Å². The minimum absolute atomic E-state index is 0.0973. The zero-order valence-electron chi connectivity index (χ0n) is 11.3. The predicted molar refractivity (Wildman–Crippen MR) is 72.4 cm³/mol. The average Bonchev–Trinajstić information content (AvgIpc) is 2.20. The second kappa shape index (κ2) is 8.64. The van der Waals surface area contributed by atoms with E-state index in [2.05, 4.69) is 12.2 Å². The van der Waals surface area contributed by atoms with E-state index in [4.69, 9.17) is 9.84 Å². The number of ether oxygens (including phenoxy) is 1. The van der Waals surface area contributed by atoms with Crippen molar-refractivity contribution in [3.8, 4) is 0 Å². The Labute approximate surface area is 108 Å². The molecule has 0 saturated carbocycles. The second-order valence-electron chi connectivity index (χ2n) is 4.92. The van der Waals surface area contributed by atoms with E-state index in [1.807, 2.05) is 32.5 Å². The van der Waals surface area contributed by atoms with Gasteiger partial charge in [0, 0.05) is 19.1 Å². The maximum absolute atomic E-state index is 11.4. The molecule has 102 valence electrons. The lowest BCUT2D eigenvalue weighted by Crippen LogP contribution is -2.36. The first kappa shape index (κ1) is 16.6. The Morgan fingerprint density at radius 2 is 2.12 bits per heavy atom. The molecular weight excluding hydrogens is 238 g/mol. The van der Waals surface area contributed by atoms with E-state index in [0.29, 0.717) is 6.54 Å². The van der Waals surface area contributed by atoms with Gasteiger partial charge < -0.3 is 15.2 Å². The van der Waals surface area contributed by atoms with Crippen LogP contribution in [-0.4, -0.2) is 41.5 Å². The molecule has 17 heavy (non-hydrogen) atoms. The molecule has 0 fully saturated rings. The van der Waals surface area contributed by atoms with E-state index >= 15 is 0 Å². The van der Waals surface area contributed by atoms with Crippen molar-refractivity contribution in [3.05, 3.63) is 0 Å². The Morgan fingerprint density at radius 3 is 2.59 bits per heavy atom. The van der Waals surface area contributed by atoms with E-state index in [9.17, 15) is 4.79 Å². The highest BCUT2D eigenvalue weighted by Crippen LogP contribution is 2.10. The topological polar surface area (TPSA) is 58.6 Å². The maximum Gasteiger partial charge on any atom is 0.407 e. The summed E-state index contributed by atoms with van der Waals surface area (Å²) in [5, 5.41) is 11.9. The molecule has 0 bridgehead atoms. The minimum Gasteiger partial charge on any atom is -0.444 e. The average molecular weight is 263 g/mol. The van der Waals surface area contributed by atoms with Gasteiger partial charge in [0.05, 0.1) is 0 Å². The molecule has 0 radical (unpaired) electrons. The maximum atomic E-state index is 11.4. The fraction of sp³-hybridized carbons (Fsp3) is 0.917. The van der Waals surface area contributed by atoms with Gasteiger partial charge in [0.1, 0.15) is 5.60 Å². The summed E-state index contributed by atoms with van der Waals surface area (Å²) in [6, 6.07) is 0. The first-order valence-electron chi connectivity index (χ1n) is 6.04. The van der Waals surface area contributed by atoms with Crippen LogP contribution in [0.4, 0.5) is 4.79 Å². The fourth-order valence-electron chi connectivity index (χ4n) is 1.19. The van der Waals surface area contributed by atoms with Crippen molar-refractivity contribution < 1.29 is 14.6 Å². The summed E-state index contributed by atoms with van der Waals surface area (Å²) in [5.74, 6) is 2.21. The fourth-order valence-corrected chi connectivity index (χ4v) is 1.98. The van der Waals surface area contributed by atoms with Crippen molar-refractivity contribution in [3.63, 3.8) is 0 Å². The monoisotopic (exact) mass is 263 g/mol. The molecule has 0 spiro atoms. The minimum atomic E-state index is -0.475. The van der Waals surface area contributed by atoms with E-state index in [1.54, 1.807) is 0 Å². The van der Waals surface area contributed by atoms with Gasteiger partial charge in [0.15, 0.2) is 0 Å². The lowest BCUT2D eigenvalue weighted by Gasteiger charge is -2.21. The summed E-state index contributed by atoms with van der Waals surface area (Å²) in [5.41, 5.74) is -0.475. The van der Waals surface area contributed by atoms with Crippen molar-refractivity contribution in [2.45, 2.75) is 39.7 Å². The lowest BCUT2D eigenvalue weighted by molar-refractivity contribution is 0.0512. The number of alkyl carbamates (subject to hydrolysis) is 1. The highest BCUT2D eigenvalue weighted by Gasteiger charge is 2.17. The molecule has 1 atom stereocenters. The normalized spacial score (nSPS) is 13.2. The van der Waals surface area contributed by atoms with Crippen molar-refractivity contribution in [2.24, 2.45) is 5.92 Å². The zero-order chi connectivity index (χ0) is 13.3. The van der Waals surface area contributed by atoms with E-state index < -0.39 is 11.7 Å². The smallest absolute Gasteiger partial charge is 0.407 e. The van der Waals surface area contributed by atoms with Gasteiger partial charge in [-0.05, 0) is 38.7 Å². The molecule has 0 heterocycles. The third-order valence-corrected chi connectivity index (χ3v) is 3.00. The van der Waals surface area contributed by atoms with Crippen LogP contribution in [0.3, 0.4) is 0 Å². The standard InChI is InChI=1S/C12H25NO3S/c1-5-17-7-6-10(9-14)8-13-11(15)16-12(2,3)4/h10,14H,5-9H2,1-4H3,(H,13,15). The van der Waals surface area contributed by atoms with Gasteiger partial charge in [-0.3, -0.25) is 0 Å². The molecule has 4 nitrogen and oxygen atoms in total. The summed E-state index contributed by atoms with van der Waals surface area (Å²) in [6.07, 6.45) is 0.490. The second-order valence-corrected chi connectivity index (χ2v) is 6.31. The number of carbonyl (C=O) groups is 1. The summed E-state index contributed by atoms with van der Waals surface area (Å²) < 4.78 is 5.12. The highest BCUT2D eigenvalue weighted by atomic mass is 32.2. The van der Waals surface area contributed by atoms with Crippen LogP contribution in [0.2, 0.25) is 0 Å². The Morgan fingerprint density at radius 1 is 1.47 bits per heavy atom. The van der Waals surface area contributed by atoms with Gasteiger partial charge in [-0.25, -0.2) is 4.79 Å². The van der Waals surface area contributed by atoms with Gasteiger partial charge >= 0.3 is 6.09 Å². The van der Waals surface area contributed by atoms with Gasteiger partial charge in [-0.2, -0.15) is 11.8 Å². The molecule has 0 aromatic rings. The first-order chi connectivity index (χ1) is 7.89.